The SMILES string of the molecule is C1=CC2c3cccc4cccc(c34)C2C(c2ccccc2)=N1. The molecule has 104 valence electrons. The van der Waals surface area contributed by atoms with Gasteiger partial charge in [0.25, 0.3) is 0 Å². The van der Waals surface area contributed by atoms with E-state index in [0.29, 0.717) is 11.8 Å². The van der Waals surface area contributed by atoms with Crippen molar-refractivity contribution in [3.8, 4) is 0 Å². The highest BCUT2D eigenvalue weighted by Gasteiger charge is 2.37. The first-order valence-corrected chi connectivity index (χ1v) is 7.75. The maximum Gasteiger partial charge on any atom is 0.0559 e. The van der Waals surface area contributed by atoms with Crippen LogP contribution >= 0.6 is 0 Å². The second kappa shape index (κ2) is 4.41. The lowest BCUT2D eigenvalue weighted by Gasteiger charge is -2.24. The predicted octanol–water partition coefficient (Wildman–Crippen LogP) is 5.04. The Bertz CT molecular complexity index is 929. The molecular weight excluding hydrogens is 266 g/mol. The topological polar surface area (TPSA) is 12.4 Å². The van der Waals surface area contributed by atoms with E-state index in [4.69, 9.17) is 4.99 Å². The zero-order valence-electron chi connectivity index (χ0n) is 12.1. The molecule has 1 heterocycles. The van der Waals surface area contributed by atoms with Gasteiger partial charge in [0.1, 0.15) is 0 Å². The number of benzene rings is 3. The summed E-state index contributed by atoms with van der Waals surface area (Å²) in [5.41, 5.74) is 5.28. The van der Waals surface area contributed by atoms with E-state index >= 15 is 0 Å². The van der Waals surface area contributed by atoms with Crippen LogP contribution in [0.15, 0.2) is 84.0 Å². The molecule has 0 radical (unpaired) electrons. The first-order chi connectivity index (χ1) is 10.9. The van der Waals surface area contributed by atoms with Crippen LogP contribution in [-0.2, 0) is 0 Å². The van der Waals surface area contributed by atoms with Gasteiger partial charge in [-0.2, -0.15) is 0 Å². The summed E-state index contributed by atoms with van der Waals surface area (Å²) in [7, 11) is 0. The minimum Gasteiger partial charge on any atom is -0.260 e. The van der Waals surface area contributed by atoms with Crippen LogP contribution in [-0.4, -0.2) is 5.71 Å². The quantitative estimate of drug-likeness (QED) is 0.592. The standard InChI is InChI=1S/C21H15N/c1-2-6-15(7-3-1)21-20-17(12-13-22-21)16-10-4-8-14-9-5-11-18(20)19(14)16/h1-13,17,20H. The summed E-state index contributed by atoms with van der Waals surface area (Å²) in [5, 5.41) is 2.76. The van der Waals surface area contributed by atoms with Gasteiger partial charge < -0.3 is 0 Å². The van der Waals surface area contributed by atoms with Crippen LogP contribution in [0.25, 0.3) is 10.8 Å². The lowest BCUT2D eigenvalue weighted by atomic mass is 9.82. The largest absolute Gasteiger partial charge is 0.260 e. The molecule has 1 aliphatic heterocycles. The van der Waals surface area contributed by atoms with Crippen LogP contribution in [0.4, 0.5) is 0 Å². The maximum absolute atomic E-state index is 4.75. The van der Waals surface area contributed by atoms with E-state index in [1.807, 2.05) is 6.20 Å². The van der Waals surface area contributed by atoms with Gasteiger partial charge in [-0.15, -0.1) is 0 Å². The smallest absolute Gasteiger partial charge is 0.0559 e. The van der Waals surface area contributed by atoms with Crippen LogP contribution < -0.4 is 0 Å². The van der Waals surface area contributed by atoms with Crippen LogP contribution in [0, 0.1) is 0 Å². The average Bonchev–Trinajstić information content (AvgIpc) is 2.93. The summed E-state index contributed by atoms with van der Waals surface area (Å²) in [6.07, 6.45) is 4.24. The number of aliphatic imine (C=N–C) groups is 1. The molecule has 0 spiro atoms. The molecule has 22 heavy (non-hydrogen) atoms. The molecule has 5 rings (SSSR count). The molecule has 1 aliphatic carbocycles. The second-order valence-electron chi connectivity index (χ2n) is 6.02. The highest BCUT2D eigenvalue weighted by atomic mass is 14.7. The molecule has 0 amide bonds. The van der Waals surface area contributed by atoms with Gasteiger partial charge in [0.15, 0.2) is 0 Å². The van der Waals surface area contributed by atoms with Crippen molar-refractivity contribution in [3.63, 3.8) is 0 Å². The van der Waals surface area contributed by atoms with Crippen molar-refractivity contribution >= 4 is 16.5 Å². The fourth-order valence-corrected chi connectivity index (χ4v) is 4.00. The Labute approximate surface area is 129 Å². The highest BCUT2D eigenvalue weighted by Crippen LogP contribution is 2.50. The molecule has 2 atom stereocenters. The molecule has 2 aliphatic rings. The number of fused-ring (bicyclic) bond motifs is 3. The van der Waals surface area contributed by atoms with E-state index in [9.17, 15) is 0 Å². The van der Waals surface area contributed by atoms with Gasteiger partial charge in [-0.3, -0.25) is 4.99 Å². The summed E-state index contributed by atoms with van der Waals surface area (Å²) in [6.45, 7) is 0. The van der Waals surface area contributed by atoms with E-state index < -0.39 is 0 Å². The minimum absolute atomic E-state index is 0.341. The van der Waals surface area contributed by atoms with Crippen LogP contribution in [0.1, 0.15) is 28.5 Å². The second-order valence-corrected chi connectivity index (χ2v) is 6.02. The van der Waals surface area contributed by atoms with Gasteiger partial charge in [-0.25, -0.2) is 0 Å². The van der Waals surface area contributed by atoms with Crippen LogP contribution in [0.3, 0.4) is 0 Å². The summed E-state index contributed by atoms with van der Waals surface area (Å²) < 4.78 is 0. The van der Waals surface area contributed by atoms with E-state index in [0.717, 1.165) is 0 Å². The van der Waals surface area contributed by atoms with Crippen LogP contribution in [0.5, 0.6) is 0 Å². The summed E-state index contributed by atoms with van der Waals surface area (Å²) in [4.78, 5) is 4.75. The lowest BCUT2D eigenvalue weighted by Crippen LogP contribution is -2.19. The van der Waals surface area contributed by atoms with Crippen molar-refractivity contribution in [1.82, 2.24) is 0 Å². The van der Waals surface area contributed by atoms with Gasteiger partial charge in [0.2, 0.25) is 0 Å². The monoisotopic (exact) mass is 281 g/mol. The van der Waals surface area contributed by atoms with Crippen molar-refractivity contribution < 1.29 is 0 Å². The molecule has 0 saturated heterocycles. The Hall–Kier alpha value is -2.67. The number of rotatable bonds is 1. The zero-order valence-corrected chi connectivity index (χ0v) is 12.1. The van der Waals surface area contributed by atoms with Gasteiger partial charge in [-0.1, -0.05) is 72.8 Å². The highest BCUT2D eigenvalue weighted by molar-refractivity contribution is 6.11. The van der Waals surface area contributed by atoms with Gasteiger partial charge in [0, 0.05) is 18.0 Å². The molecule has 0 saturated carbocycles. The fourth-order valence-electron chi connectivity index (χ4n) is 4.00. The normalized spacial score (nSPS) is 21.7. The van der Waals surface area contributed by atoms with E-state index in [-0.39, 0.29) is 0 Å². The summed E-state index contributed by atoms with van der Waals surface area (Å²) >= 11 is 0. The molecule has 1 nitrogen and oxygen atoms in total. The van der Waals surface area contributed by atoms with Gasteiger partial charge in [0.05, 0.1) is 5.71 Å². The number of nitrogens with zero attached hydrogens (tertiary/aromatic N) is 1. The molecule has 1 heteroatoms. The zero-order chi connectivity index (χ0) is 14.5. The Balaban J connectivity index is 1.78. The number of hydrogen-bond donors (Lipinski definition) is 0. The first kappa shape index (κ1) is 11.9. The van der Waals surface area contributed by atoms with Crippen molar-refractivity contribution in [2.24, 2.45) is 4.99 Å². The van der Waals surface area contributed by atoms with Crippen molar-refractivity contribution in [2.45, 2.75) is 11.8 Å². The maximum atomic E-state index is 4.75. The Morgan fingerprint density at radius 1 is 0.727 bits per heavy atom. The Morgan fingerprint density at radius 3 is 2.32 bits per heavy atom. The molecule has 2 unspecified atom stereocenters. The van der Waals surface area contributed by atoms with Crippen molar-refractivity contribution in [1.29, 1.82) is 0 Å². The lowest BCUT2D eigenvalue weighted by molar-refractivity contribution is 0.798. The molecule has 3 aromatic carbocycles. The van der Waals surface area contributed by atoms with E-state index in [1.54, 1.807) is 0 Å². The Morgan fingerprint density at radius 2 is 1.50 bits per heavy atom. The average molecular weight is 281 g/mol. The van der Waals surface area contributed by atoms with Crippen LogP contribution in [0.2, 0.25) is 0 Å². The molecule has 0 fully saturated rings. The summed E-state index contributed by atoms with van der Waals surface area (Å²) in [5.74, 6) is 0.752. The molecular formula is C21H15N. The molecule has 0 aromatic heterocycles. The third-order valence-electron chi connectivity index (χ3n) is 4.89. The number of hydrogen-bond acceptors (Lipinski definition) is 1. The molecule has 0 N–H and O–H groups in total. The summed E-state index contributed by atoms with van der Waals surface area (Å²) in [6, 6.07) is 23.9. The number of allylic oxidation sites excluding steroid dienone is 1. The predicted molar refractivity (Wildman–Crippen MR) is 91.5 cm³/mol. The minimum atomic E-state index is 0.341. The van der Waals surface area contributed by atoms with Crippen molar-refractivity contribution in [2.75, 3.05) is 0 Å². The molecule has 3 aromatic rings. The van der Waals surface area contributed by atoms with Gasteiger partial charge in [-0.05, 0) is 27.5 Å². The molecule has 0 bridgehead atoms. The van der Waals surface area contributed by atoms with Gasteiger partial charge >= 0.3 is 0 Å². The fraction of sp³-hybridized carbons (Fsp3) is 0.0952. The third-order valence-corrected chi connectivity index (χ3v) is 4.89. The first-order valence-electron chi connectivity index (χ1n) is 7.75. The van der Waals surface area contributed by atoms with Crippen molar-refractivity contribution in [3.05, 3.63) is 95.7 Å². The Kier molecular flexibility index (Phi) is 2.39. The van der Waals surface area contributed by atoms with E-state index in [1.165, 1.54) is 33.2 Å². The third kappa shape index (κ3) is 1.51. The van der Waals surface area contributed by atoms with E-state index in [2.05, 4.69) is 72.8 Å².